The van der Waals surface area contributed by atoms with Crippen LogP contribution in [0.4, 0.5) is 13.2 Å². The van der Waals surface area contributed by atoms with Crippen molar-refractivity contribution in [1.82, 2.24) is 0 Å². The van der Waals surface area contributed by atoms with E-state index in [9.17, 15) is 18.0 Å². The molecule has 0 bridgehead atoms. The Hall–Kier alpha value is -1.05. The second-order valence-electron chi connectivity index (χ2n) is 1.95. The molecule has 0 spiro atoms. The van der Waals surface area contributed by atoms with Crippen molar-refractivity contribution in [2.45, 2.75) is 19.5 Å². The lowest BCUT2D eigenvalue weighted by atomic mass is 10.0. The van der Waals surface area contributed by atoms with E-state index in [1.165, 1.54) is 13.0 Å². The number of carbonyl (C=O) groups excluding carboxylic acids is 1. The van der Waals surface area contributed by atoms with Crippen LogP contribution in [0.25, 0.3) is 0 Å². The van der Waals surface area contributed by atoms with E-state index in [0.29, 0.717) is 0 Å². The highest BCUT2D eigenvalue weighted by atomic mass is 19.4. The molecule has 0 rings (SSSR count). The van der Waals surface area contributed by atoms with Crippen LogP contribution in [0, 0.1) is 17.2 Å². The van der Waals surface area contributed by atoms with Crippen molar-refractivity contribution < 1.29 is 18.0 Å². The Morgan fingerprint density at radius 3 is 2.18 bits per heavy atom. The van der Waals surface area contributed by atoms with Crippen molar-refractivity contribution in [2.24, 2.45) is 5.92 Å². The first-order valence-corrected chi connectivity index (χ1v) is 2.94. The summed E-state index contributed by atoms with van der Waals surface area (Å²) in [6.07, 6.45) is -4.98. The summed E-state index contributed by atoms with van der Waals surface area (Å²) < 4.78 is 34.7. The van der Waals surface area contributed by atoms with Crippen LogP contribution in [-0.4, -0.2) is 12.0 Å². The molecule has 0 N–H and O–H groups in total. The quantitative estimate of drug-likeness (QED) is 0.624. The summed E-state index contributed by atoms with van der Waals surface area (Å²) in [7, 11) is 0. The highest BCUT2D eigenvalue weighted by Gasteiger charge is 2.42. The molecule has 0 aliphatic heterocycles. The second-order valence-corrected chi connectivity index (χ2v) is 1.95. The van der Waals surface area contributed by atoms with Crippen molar-refractivity contribution in [2.75, 3.05) is 0 Å². The van der Waals surface area contributed by atoms with Gasteiger partial charge < -0.3 is 0 Å². The number of halogens is 3. The lowest BCUT2D eigenvalue weighted by Crippen LogP contribution is -2.29. The molecule has 0 aliphatic carbocycles. The third-order valence-electron chi connectivity index (χ3n) is 1.16. The minimum Gasteiger partial charge on any atom is -0.288 e. The minimum atomic E-state index is -4.88. The van der Waals surface area contributed by atoms with E-state index >= 15 is 0 Å². The van der Waals surface area contributed by atoms with Crippen LogP contribution in [0.3, 0.4) is 0 Å². The number of hydrogen-bond donors (Lipinski definition) is 0. The molecule has 1 unspecified atom stereocenters. The van der Waals surface area contributed by atoms with Gasteiger partial charge >= 0.3 is 6.18 Å². The third-order valence-corrected chi connectivity index (χ3v) is 1.16. The molecule has 62 valence electrons. The van der Waals surface area contributed by atoms with Crippen LogP contribution in [0.5, 0.6) is 0 Å². The average molecular weight is 165 g/mol. The molecule has 1 atom stereocenters. The Kier molecular flexibility index (Phi) is 3.05. The fraction of sp³-hybridized carbons (Fsp3) is 0.667. The van der Waals surface area contributed by atoms with Crippen molar-refractivity contribution >= 4 is 5.78 Å². The maximum absolute atomic E-state index is 11.6. The molecule has 0 aromatic heterocycles. The highest BCUT2D eigenvalue weighted by molar-refractivity contribution is 5.88. The molecule has 0 amide bonds. The summed E-state index contributed by atoms with van der Waals surface area (Å²) in [6.45, 7) is 1.36. The van der Waals surface area contributed by atoms with Crippen molar-refractivity contribution in [3.8, 4) is 6.07 Å². The summed E-state index contributed by atoms with van der Waals surface area (Å²) in [5.41, 5.74) is 0. The number of ketones is 1. The number of nitrogens with zero attached hydrogens (tertiary/aromatic N) is 1. The molecular weight excluding hydrogens is 159 g/mol. The molecule has 0 fully saturated rings. The molecule has 0 heterocycles. The topological polar surface area (TPSA) is 40.9 Å². The second kappa shape index (κ2) is 3.37. The number of rotatable bonds is 2. The van der Waals surface area contributed by atoms with Gasteiger partial charge in [-0.3, -0.25) is 4.79 Å². The Morgan fingerprint density at radius 1 is 1.64 bits per heavy atom. The lowest BCUT2D eigenvalue weighted by molar-refractivity contribution is -0.173. The van der Waals surface area contributed by atoms with Crippen molar-refractivity contribution in [3.63, 3.8) is 0 Å². The van der Waals surface area contributed by atoms with E-state index in [4.69, 9.17) is 5.26 Å². The van der Waals surface area contributed by atoms with E-state index in [-0.39, 0.29) is 6.42 Å². The SMILES string of the molecule is CCC(C#N)C(=O)C(F)(F)F. The number of nitriles is 1. The van der Waals surface area contributed by atoms with Gasteiger partial charge in [0, 0.05) is 0 Å². The number of alkyl halides is 3. The minimum absolute atomic E-state index is 0.102. The van der Waals surface area contributed by atoms with Gasteiger partial charge in [-0.05, 0) is 6.42 Å². The molecule has 0 radical (unpaired) electrons. The van der Waals surface area contributed by atoms with Crippen LogP contribution in [0.2, 0.25) is 0 Å². The predicted molar refractivity (Wildman–Crippen MR) is 30.5 cm³/mol. The standard InChI is InChI=1S/C6H6F3NO/c1-2-4(3-10)5(11)6(7,8)9/h4H,2H2,1H3. The van der Waals surface area contributed by atoms with Gasteiger partial charge in [-0.1, -0.05) is 6.92 Å². The number of carbonyl (C=O) groups is 1. The molecular formula is C6H6F3NO. The first kappa shape index (κ1) is 9.95. The van der Waals surface area contributed by atoms with Gasteiger partial charge in [0.15, 0.2) is 0 Å². The molecule has 0 saturated heterocycles. The Bertz CT molecular complexity index is 191. The summed E-state index contributed by atoms with van der Waals surface area (Å²) in [6, 6.07) is 1.29. The van der Waals surface area contributed by atoms with Gasteiger partial charge in [0.1, 0.15) is 5.92 Å². The fourth-order valence-electron chi connectivity index (χ4n) is 0.533. The van der Waals surface area contributed by atoms with Gasteiger partial charge in [0.25, 0.3) is 5.78 Å². The van der Waals surface area contributed by atoms with Crippen molar-refractivity contribution in [3.05, 3.63) is 0 Å². The van der Waals surface area contributed by atoms with E-state index in [0.717, 1.165) is 0 Å². The van der Waals surface area contributed by atoms with Gasteiger partial charge in [0.05, 0.1) is 6.07 Å². The van der Waals surface area contributed by atoms with Crippen molar-refractivity contribution in [1.29, 1.82) is 5.26 Å². The largest absolute Gasteiger partial charge is 0.451 e. The van der Waals surface area contributed by atoms with E-state index in [2.05, 4.69) is 0 Å². The first-order valence-electron chi connectivity index (χ1n) is 2.94. The zero-order chi connectivity index (χ0) is 9.07. The van der Waals surface area contributed by atoms with Crippen LogP contribution >= 0.6 is 0 Å². The Balaban J connectivity index is 4.38. The smallest absolute Gasteiger partial charge is 0.288 e. The van der Waals surface area contributed by atoms with Gasteiger partial charge in [-0.15, -0.1) is 0 Å². The van der Waals surface area contributed by atoms with Gasteiger partial charge in [0.2, 0.25) is 0 Å². The molecule has 0 saturated carbocycles. The summed E-state index contributed by atoms with van der Waals surface area (Å²) >= 11 is 0. The summed E-state index contributed by atoms with van der Waals surface area (Å²) in [4.78, 5) is 10.3. The average Bonchev–Trinajstić information content (AvgIpc) is 1.88. The third kappa shape index (κ3) is 2.58. The summed E-state index contributed by atoms with van der Waals surface area (Å²) in [5, 5.41) is 8.09. The highest BCUT2D eigenvalue weighted by Crippen LogP contribution is 2.21. The Morgan fingerprint density at radius 2 is 2.09 bits per heavy atom. The molecule has 0 aromatic rings. The maximum atomic E-state index is 11.6. The van der Waals surface area contributed by atoms with Crippen LogP contribution < -0.4 is 0 Å². The molecule has 5 heteroatoms. The van der Waals surface area contributed by atoms with Gasteiger partial charge in [-0.2, -0.15) is 18.4 Å². The number of hydrogen-bond acceptors (Lipinski definition) is 2. The first-order chi connectivity index (χ1) is 4.93. The van der Waals surface area contributed by atoms with Gasteiger partial charge in [-0.25, -0.2) is 0 Å². The van der Waals surface area contributed by atoms with E-state index in [1.807, 2.05) is 0 Å². The van der Waals surface area contributed by atoms with Crippen LogP contribution in [0.15, 0.2) is 0 Å². The molecule has 2 nitrogen and oxygen atoms in total. The fourth-order valence-corrected chi connectivity index (χ4v) is 0.533. The Labute approximate surface area is 61.6 Å². The zero-order valence-corrected chi connectivity index (χ0v) is 5.77. The normalized spacial score (nSPS) is 13.7. The number of Topliss-reactive ketones (excluding diaryl/α,β-unsaturated/α-hetero) is 1. The predicted octanol–water partition coefficient (Wildman–Crippen LogP) is 1.67. The van der Waals surface area contributed by atoms with E-state index in [1.54, 1.807) is 0 Å². The monoisotopic (exact) mass is 165 g/mol. The summed E-state index contributed by atoms with van der Waals surface area (Å²) in [5.74, 6) is -3.50. The molecule has 0 aliphatic rings. The van der Waals surface area contributed by atoms with E-state index < -0.39 is 17.9 Å². The molecule has 11 heavy (non-hydrogen) atoms. The lowest BCUT2D eigenvalue weighted by Gasteiger charge is -2.07. The van der Waals surface area contributed by atoms with Crippen LogP contribution in [-0.2, 0) is 4.79 Å². The zero-order valence-electron chi connectivity index (χ0n) is 5.77. The maximum Gasteiger partial charge on any atom is 0.451 e. The molecule has 0 aromatic carbocycles. The van der Waals surface area contributed by atoms with Crippen LogP contribution in [0.1, 0.15) is 13.3 Å².